The van der Waals surface area contributed by atoms with Gasteiger partial charge in [-0.15, -0.1) is 0 Å². The number of allylic oxidation sites excluding steroid dienone is 1. The van der Waals surface area contributed by atoms with Crippen molar-refractivity contribution in [3.8, 4) is 11.5 Å². The number of hydrogen-bond donors (Lipinski definition) is 0. The Kier molecular flexibility index (Phi) is 5.10. The lowest BCUT2D eigenvalue weighted by molar-refractivity contribution is -0.114. The molecule has 1 aliphatic carbocycles. The summed E-state index contributed by atoms with van der Waals surface area (Å²) in [5.41, 5.74) is 1.49. The molecule has 1 aromatic carbocycles. The highest BCUT2D eigenvalue weighted by Gasteiger charge is 2.30. The molecule has 4 rings (SSSR count). The fraction of sp³-hybridized carbons (Fsp3) is 0.364. The lowest BCUT2D eigenvalue weighted by atomic mass is 9.93. The van der Waals surface area contributed by atoms with Gasteiger partial charge in [0.25, 0.3) is 5.91 Å². The first-order valence-corrected chi connectivity index (χ1v) is 9.59. The van der Waals surface area contributed by atoms with Crippen LogP contribution in [-0.2, 0) is 4.79 Å². The molecule has 140 valence electrons. The number of ether oxygens (including phenoxy) is 2. The molecule has 5 nitrogen and oxygen atoms in total. The maximum absolute atomic E-state index is 13.6. The molecule has 0 bridgehead atoms. The highest BCUT2D eigenvalue weighted by molar-refractivity contribution is 6.26. The molecule has 0 spiro atoms. The molecule has 0 N–H and O–H groups in total. The van der Waals surface area contributed by atoms with Crippen LogP contribution in [0.5, 0.6) is 11.5 Å². The standard InChI is InChI=1S/C22H24N2O3/c1-2-18(16-11-12-19-20(14-16)27-15-26-19)22(25)24(17-8-4-3-5-9-17)21-10-6-7-13-23-21/h2,6-7,10-14,17H,3-5,8-9,15H2,1H3/b18-2-. The van der Waals surface area contributed by atoms with E-state index in [1.165, 1.54) is 6.42 Å². The van der Waals surface area contributed by atoms with Crippen molar-refractivity contribution >= 4 is 17.3 Å². The lowest BCUT2D eigenvalue weighted by Gasteiger charge is -2.34. The Morgan fingerprint density at radius 2 is 1.93 bits per heavy atom. The molecular formula is C22H24N2O3. The Morgan fingerprint density at radius 1 is 1.11 bits per heavy atom. The van der Waals surface area contributed by atoms with E-state index in [1.807, 2.05) is 54.3 Å². The number of aromatic nitrogens is 1. The smallest absolute Gasteiger partial charge is 0.259 e. The largest absolute Gasteiger partial charge is 0.454 e. The van der Waals surface area contributed by atoms with E-state index in [4.69, 9.17) is 9.47 Å². The van der Waals surface area contributed by atoms with Crippen molar-refractivity contribution in [3.63, 3.8) is 0 Å². The van der Waals surface area contributed by atoms with E-state index in [1.54, 1.807) is 6.20 Å². The normalized spacial score (nSPS) is 17.0. The van der Waals surface area contributed by atoms with Crippen molar-refractivity contribution in [1.29, 1.82) is 0 Å². The number of benzene rings is 1. The van der Waals surface area contributed by atoms with E-state index < -0.39 is 0 Å². The van der Waals surface area contributed by atoms with Gasteiger partial charge in [-0.3, -0.25) is 9.69 Å². The van der Waals surface area contributed by atoms with Crippen LogP contribution in [0.15, 0.2) is 48.7 Å². The second kappa shape index (κ2) is 7.82. The number of pyridine rings is 1. The summed E-state index contributed by atoms with van der Waals surface area (Å²) in [7, 11) is 0. The Bertz CT molecular complexity index is 842. The second-order valence-electron chi connectivity index (χ2n) is 6.93. The van der Waals surface area contributed by atoms with Gasteiger partial charge < -0.3 is 9.47 Å². The predicted molar refractivity (Wildman–Crippen MR) is 105 cm³/mol. The maximum atomic E-state index is 13.6. The summed E-state index contributed by atoms with van der Waals surface area (Å²) >= 11 is 0. The van der Waals surface area contributed by atoms with Crippen LogP contribution in [0.3, 0.4) is 0 Å². The first-order valence-electron chi connectivity index (χ1n) is 9.59. The zero-order chi connectivity index (χ0) is 18.6. The van der Waals surface area contributed by atoms with Crippen LogP contribution in [0.2, 0.25) is 0 Å². The Balaban J connectivity index is 1.69. The van der Waals surface area contributed by atoms with Gasteiger partial charge in [0.1, 0.15) is 5.82 Å². The molecule has 5 heteroatoms. The van der Waals surface area contributed by atoms with Crippen LogP contribution >= 0.6 is 0 Å². The third-order valence-corrected chi connectivity index (χ3v) is 5.26. The van der Waals surface area contributed by atoms with Crippen LogP contribution in [-0.4, -0.2) is 23.7 Å². The maximum Gasteiger partial charge on any atom is 0.259 e. The molecule has 27 heavy (non-hydrogen) atoms. The van der Waals surface area contributed by atoms with Crippen molar-refractivity contribution in [3.05, 3.63) is 54.2 Å². The van der Waals surface area contributed by atoms with E-state index in [2.05, 4.69) is 4.98 Å². The van der Waals surface area contributed by atoms with E-state index in [-0.39, 0.29) is 18.7 Å². The zero-order valence-electron chi connectivity index (χ0n) is 15.6. The van der Waals surface area contributed by atoms with Crippen LogP contribution in [0.1, 0.15) is 44.6 Å². The van der Waals surface area contributed by atoms with Gasteiger partial charge in [-0.1, -0.05) is 37.5 Å². The molecule has 0 radical (unpaired) electrons. The number of rotatable bonds is 4. The number of hydrogen-bond acceptors (Lipinski definition) is 4. The number of carbonyl (C=O) groups excluding carboxylic acids is 1. The third kappa shape index (κ3) is 3.54. The first-order chi connectivity index (χ1) is 13.3. The van der Waals surface area contributed by atoms with E-state index >= 15 is 0 Å². The fourth-order valence-corrected chi connectivity index (χ4v) is 3.90. The fourth-order valence-electron chi connectivity index (χ4n) is 3.90. The van der Waals surface area contributed by atoms with Crippen molar-refractivity contribution in [1.82, 2.24) is 4.98 Å². The van der Waals surface area contributed by atoms with E-state index in [9.17, 15) is 4.79 Å². The highest BCUT2D eigenvalue weighted by atomic mass is 16.7. The lowest BCUT2D eigenvalue weighted by Crippen LogP contribution is -2.42. The van der Waals surface area contributed by atoms with Crippen molar-refractivity contribution < 1.29 is 14.3 Å². The van der Waals surface area contributed by atoms with Crippen LogP contribution in [0, 0.1) is 0 Å². The van der Waals surface area contributed by atoms with Crippen molar-refractivity contribution in [2.75, 3.05) is 11.7 Å². The minimum atomic E-state index is -0.0121. The molecule has 2 aromatic rings. The number of amides is 1. The first kappa shape index (κ1) is 17.6. The zero-order valence-corrected chi connectivity index (χ0v) is 15.6. The highest BCUT2D eigenvalue weighted by Crippen LogP contribution is 2.36. The summed E-state index contributed by atoms with van der Waals surface area (Å²) in [5, 5.41) is 0. The summed E-state index contributed by atoms with van der Waals surface area (Å²) < 4.78 is 10.9. The third-order valence-electron chi connectivity index (χ3n) is 5.26. The molecule has 2 heterocycles. The predicted octanol–water partition coefficient (Wildman–Crippen LogP) is 4.58. The van der Waals surface area contributed by atoms with Crippen LogP contribution in [0.25, 0.3) is 5.57 Å². The van der Waals surface area contributed by atoms with Gasteiger partial charge in [0, 0.05) is 17.8 Å². The molecule has 1 aromatic heterocycles. The second-order valence-corrected chi connectivity index (χ2v) is 6.93. The number of fused-ring (bicyclic) bond motifs is 1. The number of anilines is 1. The SMILES string of the molecule is C/C=C(\C(=O)N(c1ccccn1)C1CCCCC1)c1ccc2c(c1)OCO2. The molecular weight excluding hydrogens is 340 g/mol. The topological polar surface area (TPSA) is 51.7 Å². The number of carbonyl (C=O) groups is 1. The monoisotopic (exact) mass is 364 g/mol. The van der Waals surface area contributed by atoms with Gasteiger partial charge in [0.15, 0.2) is 11.5 Å². The number of nitrogens with zero attached hydrogens (tertiary/aromatic N) is 2. The molecule has 1 amide bonds. The quantitative estimate of drug-likeness (QED) is 0.745. The summed E-state index contributed by atoms with van der Waals surface area (Å²) in [5.74, 6) is 2.11. The summed E-state index contributed by atoms with van der Waals surface area (Å²) in [4.78, 5) is 20.0. The molecule has 0 saturated heterocycles. The van der Waals surface area contributed by atoms with Gasteiger partial charge in [0.2, 0.25) is 6.79 Å². The minimum absolute atomic E-state index is 0.0121. The van der Waals surface area contributed by atoms with Gasteiger partial charge in [0.05, 0.1) is 0 Å². The summed E-state index contributed by atoms with van der Waals surface area (Å²) in [6.45, 7) is 2.12. The minimum Gasteiger partial charge on any atom is -0.454 e. The molecule has 1 fully saturated rings. The van der Waals surface area contributed by atoms with Gasteiger partial charge in [-0.25, -0.2) is 4.98 Å². The molecule has 2 aliphatic rings. The Hall–Kier alpha value is -2.82. The van der Waals surface area contributed by atoms with E-state index in [0.717, 1.165) is 42.8 Å². The summed E-state index contributed by atoms with van der Waals surface area (Å²) in [6.07, 6.45) is 9.18. The average Bonchev–Trinajstić information content (AvgIpc) is 3.18. The average molecular weight is 364 g/mol. The van der Waals surface area contributed by atoms with Crippen LogP contribution < -0.4 is 14.4 Å². The Morgan fingerprint density at radius 3 is 2.67 bits per heavy atom. The van der Waals surface area contributed by atoms with Gasteiger partial charge in [-0.05, 0) is 49.6 Å². The summed E-state index contributed by atoms with van der Waals surface area (Å²) in [6, 6.07) is 11.6. The van der Waals surface area contributed by atoms with Crippen molar-refractivity contribution in [2.45, 2.75) is 45.1 Å². The van der Waals surface area contributed by atoms with Gasteiger partial charge >= 0.3 is 0 Å². The van der Waals surface area contributed by atoms with Crippen LogP contribution in [0.4, 0.5) is 5.82 Å². The molecule has 1 saturated carbocycles. The molecule has 0 atom stereocenters. The van der Waals surface area contributed by atoms with Gasteiger partial charge in [-0.2, -0.15) is 0 Å². The Labute approximate surface area is 159 Å². The molecule has 1 aliphatic heterocycles. The molecule has 0 unspecified atom stereocenters. The van der Waals surface area contributed by atoms with E-state index in [0.29, 0.717) is 11.3 Å². The van der Waals surface area contributed by atoms with Crippen molar-refractivity contribution in [2.24, 2.45) is 0 Å².